The van der Waals surface area contributed by atoms with E-state index in [1.165, 1.54) is 0 Å². The van der Waals surface area contributed by atoms with E-state index in [1.807, 2.05) is 38.1 Å². The molecule has 1 amide bonds. The Hall–Kier alpha value is -2.25. The number of nitrogens with zero attached hydrogens (tertiary/aromatic N) is 1. The first-order valence-electron chi connectivity index (χ1n) is 7.39. The predicted octanol–water partition coefficient (Wildman–Crippen LogP) is 3.93. The lowest BCUT2D eigenvalue weighted by atomic mass is 9.90. The van der Waals surface area contributed by atoms with Crippen molar-refractivity contribution in [2.45, 2.75) is 26.3 Å². The average molecular weight is 331 g/mol. The zero-order valence-electron chi connectivity index (χ0n) is 13.4. The minimum Gasteiger partial charge on any atom is -0.483 e. The molecule has 0 spiro atoms. The summed E-state index contributed by atoms with van der Waals surface area (Å²) >= 11 is 6.16. The Kier molecular flexibility index (Phi) is 5.12. The van der Waals surface area contributed by atoms with Gasteiger partial charge < -0.3 is 10.1 Å². The van der Waals surface area contributed by atoms with E-state index in [1.54, 1.807) is 19.1 Å². The van der Waals surface area contributed by atoms with Gasteiger partial charge in [0.1, 0.15) is 11.3 Å². The second-order valence-corrected chi connectivity index (χ2v) is 6.30. The lowest BCUT2D eigenvalue weighted by Crippen LogP contribution is -2.50. The van der Waals surface area contributed by atoms with Gasteiger partial charge in [0.05, 0.1) is 6.07 Å². The predicted molar refractivity (Wildman–Crippen MR) is 91.5 cm³/mol. The summed E-state index contributed by atoms with van der Waals surface area (Å²) in [6.45, 7) is 5.32. The monoisotopic (exact) mass is 330 g/mol. The van der Waals surface area contributed by atoms with Gasteiger partial charge in [0.25, 0.3) is 5.91 Å². The van der Waals surface area contributed by atoms with Crippen LogP contribution in [-0.4, -0.2) is 18.1 Å². The molecule has 0 saturated carbocycles. The van der Waals surface area contributed by atoms with Crippen molar-refractivity contribution < 1.29 is 9.53 Å². The fraction of sp³-hybridized carbons (Fsp3) is 0.333. The van der Waals surface area contributed by atoms with Gasteiger partial charge in [-0.2, -0.15) is 5.26 Å². The van der Waals surface area contributed by atoms with Crippen molar-refractivity contribution in [2.24, 2.45) is 5.92 Å². The Morgan fingerprint density at radius 2 is 1.96 bits per heavy atom. The van der Waals surface area contributed by atoms with Crippen LogP contribution in [-0.2, 0) is 4.79 Å². The van der Waals surface area contributed by atoms with E-state index in [4.69, 9.17) is 16.3 Å². The number of benzene rings is 2. The number of fused-ring (bicyclic) bond motifs is 1. The number of nitrogens with one attached hydrogen (secondary N) is 1. The Morgan fingerprint density at radius 1 is 1.30 bits per heavy atom. The molecule has 2 aromatic rings. The van der Waals surface area contributed by atoms with Crippen LogP contribution in [0.5, 0.6) is 5.75 Å². The van der Waals surface area contributed by atoms with Crippen LogP contribution in [0.25, 0.3) is 10.8 Å². The maximum Gasteiger partial charge on any atom is 0.259 e. The minimum atomic E-state index is -0.914. The van der Waals surface area contributed by atoms with Gasteiger partial charge >= 0.3 is 0 Å². The van der Waals surface area contributed by atoms with Gasteiger partial charge in [0, 0.05) is 15.8 Å². The third kappa shape index (κ3) is 3.75. The summed E-state index contributed by atoms with van der Waals surface area (Å²) in [6.07, 6.45) is 0. The molecular weight excluding hydrogens is 312 g/mol. The van der Waals surface area contributed by atoms with Crippen molar-refractivity contribution in [2.75, 3.05) is 6.61 Å². The van der Waals surface area contributed by atoms with E-state index >= 15 is 0 Å². The molecule has 2 aromatic carbocycles. The van der Waals surface area contributed by atoms with E-state index in [0.29, 0.717) is 10.8 Å². The molecule has 0 saturated heterocycles. The van der Waals surface area contributed by atoms with E-state index in [9.17, 15) is 10.1 Å². The van der Waals surface area contributed by atoms with Gasteiger partial charge in [0.2, 0.25) is 0 Å². The molecule has 0 heterocycles. The molecule has 0 aromatic heterocycles. The van der Waals surface area contributed by atoms with Crippen LogP contribution < -0.4 is 10.1 Å². The molecule has 0 unspecified atom stereocenters. The molecule has 0 aliphatic rings. The molecule has 0 aliphatic carbocycles. The zero-order valence-corrected chi connectivity index (χ0v) is 14.1. The maximum absolute atomic E-state index is 12.1. The third-order valence-corrected chi connectivity index (χ3v) is 4.31. The molecule has 0 fully saturated rings. The number of halogens is 1. The molecule has 1 N–H and O–H groups in total. The van der Waals surface area contributed by atoms with Crippen LogP contribution in [0, 0.1) is 17.2 Å². The average Bonchev–Trinajstić information content (AvgIpc) is 2.54. The van der Waals surface area contributed by atoms with Crippen molar-refractivity contribution in [3.8, 4) is 11.8 Å². The smallest absolute Gasteiger partial charge is 0.259 e. The second kappa shape index (κ2) is 6.89. The first-order chi connectivity index (χ1) is 10.9. The fourth-order valence-corrected chi connectivity index (χ4v) is 2.36. The summed E-state index contributed by atoms with van der Waals surface area (Å²) in [5.41, 5.74) is -0.914. The quantitative estimate of drug-likeness (QED) is 0.903. The Bertz CT molecular complexity index is 767. The van der Waals surface area contributed by atoms with Gasteiger partial charge in [-0.3, -0.25) is 4.79 Å². The zero-order chi connectivity index (χ0) is 17.0. The number of nitriles is 1. The highest BCUT2D eigenvalue weighted by molar-refractivity contribution is 6.35. The largest absolute Gasteiger partial charge is 0.483 e. The topological polar surface area (TPSA) is 62.1 Å². The van der Waals surface area contributed by atoms with Gasteiger partial charge in [0.15, 0.2) is 6.61 Å². The Labute approximate surface area is 141 Å². The lowest BCUT2D eigenvalue weighted by molar-refractivity contribution is -0.124. The molecule has 5 heteroatoms. The molecule has 0 aliphatic heterocycles. The Balaban J connectivity index is 2.12. The third-order valence-electron chi connectivity index (χ3n) is 3.98. The first kappa shape index (κ1) is 17.1. The maximum atomic E-state index is 12.1. The molecule has 23 heavy (non-hydrogen) atoms. The summed E-state index contributed by atoms with van der Waals surface area (Å²) in [6, 6.07) is 13.2. The number of hydrogen-bond acceptors (Lipinski definition) is 3. The van der Waals surface area contributed by atoms with E-state index in [2.05, 4.69) is 11.4 Å². The van der Waals surface area contributed by atoms with Crippen LogP contribution >= 0.6 is 11.6 Å². The van der Waals surface area contributed by atoms with Crippen molar-refractivity contribution in [1.82, 2.24) is 5.32 Å². The van der Waals surface area contributed by atoms with Gasteiger partial charge in [-0.1, -0.05) is 49.7 Å². The number of hydrogen-bond donors (Lipinski definition) is 1. The Morgan fingerprint density at radius 3 is 2.57 bits per heavy atom. The highest BCUT2D eigenvalue weighted by Gasteiger charge is 2.30. The molecule has 0 bridgehead atoms. The highest BCUT2D eigenvalue weighted by atomic mass is 35.5. The summed E-state index contributed by atoms with van der Waals surface area (Å²) in [4.78, 5) is 12.1. The standard InChI is InChI=1S/C18H19ClN2O2/c1-12(2)18(3,11-20)21-17(22)10-23-16-9-8-15(19)13-6-4-5-7-14(13)16/h4-9,12H,10H2,1-3H3,(H,21,22)/t18-/m0/s1. The van der Waals surface area contributed by atoms with Gasteiger partial charge in [-0.05, 0) is 25.0 Å². The van der Waals surface area contributed by atoms with Gasteiger partial charge in [-0.15, -0.1) is 0 Å². The minimum absolute atomic E-state index is 0.00666. The van der Waals surface area contributed by atoms with E-state index < -0.39 is 5.54 Å². The van der Waals surface area contributed by atoms with Crippen LogP contribution in [0.3, 0.4) is 0 Å². The molecule has 120 valence electrons. The summed E-state index contributed by atoms with van der Waals surface area (Å²) in [5.74, 6) is 0.248. The van der Waals surface area contributed by atoms with Crippen molar-refractivity contribution in [1.29, 1.82) is 5.26 Å². The SMILES string of the molecule is CC(C)[C@](C)(C#N)NC(=O)COc1ccc(Cl)c2ccccc12. The van der Waals surface area contributed by atoms with Crippen LogP contribution in [0.4, 0.5) is 0 Å². The van der Waals surface area contributed by atoms with Crippen LogP contribution in [0.15, 0.2) is 36.4 Å². The van der Waals surface area contributed by atoms with Crippen molar-refractivity contribution >= 4 is 28.3 Å². The second-order valence-electron chi connectivity index (χ2n) is 5.90. The van der Waals surface area contributed by atoms with E-state index in [0.717, 1.165) is 10.8 Å². The van der Waals surface area contributed by atoms with Crippen molar-refractivity contribution in [3.05, 3.63) is 41.4 Å². The molecule has 1 atom stereocenters. The first-order valence-corrected chi connectivity index (χ1v) is 7.77. The molecular formula is C18H19ClN2O2. The van der Waals surface area contributed by atoms with E-state index in [-0.39, 0.29) is 18.4 Å². The molecule has 4 nitrogen and oxygen atoms in total. The number of rotatable bonds is 5. The number of carbonyl (C=O) groups is 1. The number of carbonyl (C=O) groups excluding carboxylic acids is 1. The molecule has 0 radical (unpaired) electrons. The number of amides is 1. The summed E-state index contributed by atoms with van der Waals surface area (Å²) < 4.78 is 5.63. The fourth-order valence-electron chi connectivity index (χ4n) is 2.13. The lowest BCUT2D eigenvalue weighted by Gasteiger charge is -2.27. The summed E-state index contributed by atoms with van der Waals surface area (Å²) in [5, 5.41) is 14.3. The highest BCUT2D eigenvalue weighted by Crippen LogP contribution is 2.31. The van der Waals surface area contributed by atoms with Crippen LogP contribution in [0.1, 0.15) is 20.8 Å². The van der Waals surface area contributed by atoms with Crippen molar-refractivity contribution in [3.63, 3.8) is 0 Å². The normalized spacial score (nSPS) is 13.4. The summed E-state index contributed by atoms with van der Waals surface area (Å²) in [7, 11) is 0. The van der Waals surface area contributed by atoms with Gasteiger partial charge in [-0.25, -0.2) is 0 Å². The number of ether oxygens (including phenoxy) is 1. The molecule has 2 rings (SSSR count). The van der Waals surface area contributed by atoms with Crippen LogP contribution in [0.2, 0.25) is 5.02 Å².